The van der Waals surface area contributed by atoms with Gasteiger partial charge in [0.2, 0.25) is 0 Å². The van der Waals surface area contributed by atoms with Crippen LogP contribution < -0.4 is 9.64 Å². The van der Waals surface area contributed by atoms with Crippen LogP contribution in [0.4, 0.5) is 14.6 Å². The number of rotatable bonds is 6. The van der Waals surface area contributed by atoms with Gasteiger partial charge in [-0.05, 0) is 32.9 Å². The monoisotopic (exact) mass is 574 g/mol. The van der Waals surface area contributed by atoms with Crippen LogP contribution in [-0.4, -0.2) is 67.5 Å². The van der Waals surface area contributed by atoms with Crippen molar-refractivity contribution in [3.05, 3.63) is 64.0 Å². The van der Waals surface area contributed by atoms with Crippen molar-refractivity contribution >= 4 is 39.9 Å². The molecule has 2 aliphatic rings. The zero-order valence-electron chi connectivity index (χ0n) is 21.5. The summed E-state index contributed by atoms with van der Waals surface area (Å²) in [5, 5.41) is 18.3. The highest BCUT2D eigenvalue weighted by atomic mass is 35.5. The number of halogens is 4. The molecule has 6 rings (SSSR count). The summed E-state index contributed by atoms with van der Waals surface area (Å²) in [5.41, 5.74) is 0.980. The van der Waals surface area contributed by atoms with E-state index in [9.17, 15) is 9.50 Å². The summed E-state index contributed by atoms with van der Waals surface area (Å²) in [6, 6.07) is 4.17. The van der Waals surface area contributed by atoms with Crippen LogP contribution in [0, 0.1) is 11.6 Å². The van der Waals surface area contributed by atoms with Crippen LogP contribution in [0.5, 0.6) is 5.75 Å². The van der Waals surface area contributed by atoms with E-state index >= 15 is 4.39 Å². The first-order valence-electron chi connectivity index (χ1n) is 12.5. The van der Waals surface area contributed by atoms with E-state index in [0.717, 1.165) is 0 Å². The summed E-state index contributed by atoms with van der Waals surface area (Å²) in [4.78, 5) is 12.4. The fourth-order valence-electron chi connectivity index (χ4n) is 5.46. The molecule has 0 aliphatic carbocycles. The topological polar surface area (TPSA) is 90.4 Å². The van der Waals surface area contributed by atoms with Gasteiger partial charge in [0.25, 0.3) is 0 Å². The van der Waals surface area contributed by atoms with Crippen molar-refractivity contribution in [2.75, 3.05) is 31.1 Å². The highest BCUT2D eigenvalue weighted by Gasteiger charge is 2.52. The van der Waals surface area contributed by atoms with Crippen molar-refractivity contribution in [3.8, 4) is 17.0 Å². The largest absolute Gasteiger partial charge is 0.483 e. The molecule has 39 heavy (non-hydrogen) atoms. The number of pyridine rings is 2. The minimum atomic E-state index is -0.668. The highest BCUT2D eigenvalue weighted by Crippen LogP contribution is 2.39. The summed E-state index contributed by atoms with van der Waals surface area (Å²) in [6.45, 7) is 8.06. The van der Waals surface area contributed by atoms with Gasteiger partial charge in [-0.1, -0.05) is 23.2 Å². The minimum absolute atomic E-state index is 0.0310. The second-order valence-electron chi connectivity index (χ2n) is 10.9. The molecule has 0 saturated carbocycles. The molecule has 0 unspecified atom stereocenters. The lowest BCUT2D eigenvalue weighted by atomic mass is 9.82. The normalized spacial score (nSPS) is 19.0. The number of aromatic amines is 1. The van der Waals surface area contributed by atoms with E-state index in [2.05, 4.69) is 32.0 Å². The highest BCUT2D eigenvalue weighted by molar-refractivity contribution is 6.35. The third-order valence-electron chi connectivity index (χ3n) is 7.50. The van der Waals surface area contributed by atoms with E-state index in [0.29, 0.717) is 63.9 Å². The lowest BCUT2D eigenvalue weighted by Crippen LogP contribution is -2.77. The van der Waals surface area contributed by atoms with Gasteiger partial charge in [0.05, 0.1) is 26.7 Å². The molecule has 2 N–H and O–H groups in total. The third-order valence-corrected chi connectivity index (χ3v) is 8.10. The SMILES string of the molecule is C[C@@H](Oc1cc2c(-c3cnc(N4CC(C)(N5CC(C)(O)C5)C4)c(F)c3)n[nH]c2cc1F)c1c(Cl)cncc1Cl. The lowest BCUT2D eigenvalue weighted by molar-refractivity contribution is -0.134. The number of aliphatic hydroxyl groups is 1. The molecule has 1 atom stereocenters. The molecule has 2 saturated heterocycles. The second-order valence-corrected chi connectivity index (χ2v) is 11.7. The van der Waals surface area contributed by atoms with Crippen LogP contribution in [-0.2, 0) is 0 Å². The van der Waals surface area contributed by atoms with Crippen molar-refractivity contribution in [3.63, 3.8) is 0 Å². The smallest absolute Gasteiger partial charge is 0.167 e. The van der Waals surface area contributed by atoms with Crippen LogP contribution in [0.1, 0.15) is 32.4 Å². The van der Waals surface area contributed by atoms with Gasteiger partial charge in [-0.2, -0.15) is 5.10 Å². The van der Waals surface area contributed by atoms with Crippen molar-refractivity contribution in [1.29, 1.82) is 0 Å². The number of anilines is 1. The number of β-amino-alcohol motifs (C(OH)–C–C–N with tert-alkyl or cyclic N) is 1. The maximum absolute atomic E-state index is 15.3. The number of likely N-dealkylation sites (tertiary alicyclic amines) is 1. The van der Waals surface area contributed by atoms with Gasteiger partial charge >= 0.3 is 0 Å². The molecule has 1 aromatic carbocycles. The molecule has 204 valence electrons. The average Bonchev–Trinajstić information content (AvgIpc) is 3.23. The molecular formula is C27H26Cl2F2N6O2. The number of nitrogens with zero attached hydrogens (tertiary/aromatic N) is 5. The fraction of sp³-hybridized carbons (Fsp3) is 0.370. The number of fused-ring (bicyclic) bond motifs is 1. The van der Waals surface area contributed by atoms with Crippen LogP contribution in [0.15, 0.2) is 36.8 Å². The Morgan fingerprint density at radius 2 is 1.72 bits per heavy atom. The van der Waals surface area contributed by atoms with Crippen molar-refractivity contribution < 1.29 is 18.6 Å². The van der Waals surface area contributed by atoms with Crippen molar-refractivity contribution in [2.45, 2.75) is 38.0 Å². The number of H-pyrrole nitrogens is 1. The minimum Gasteiger partial charge on any atom is -0.483 e. The van der Waals surface area contributed by atoms with E-state index in [1.807, 2.05) is 11.8 Å². The molecule has 2 fully saturated rings. The van der Waals surface area contributed by atoms with Crippen molar-refractivity contribution in [2.24, 2.45) is 0 Å². The van der Waals surface area contributed by atoms with Gasteiger partial charge < -0.3 is 14.7 Å². The Kier molecular flexibility index (Phi) is 6.22. The first-order chi connectivity index (χ1) is 18.4. The average molecular weight is 575 g/mol. The molecule has 4 aromatic rings. The first-order valence-corrected chi connectivity index (χ1v) is 13.2. The summed E-state index contributed by atoms with van der Waals surface area (Å²) in [6.07, 6.45) is 3.77. The van der Waals surface area contributed by atoms with Gasteiger partial charge in [-0.25, -0.2) is 13.8 Å². The number of hydrogen-bond donors (Lipinski definition) is 2. The molecule has 5 heterocycles. The predicted molar refractivity (Wildman–Crippen MR) is 145 cm³/mol. The lowest BCUT2D eigenvalue weighted by Gasteiger charge is -2.61. The summed E-state index contributed by atoms with van der Waals surface area (Å²) in [7, 11) is 0. The Bertz CT molecular complexity index is 1560. The number of nitrogens with one attached hydrogen (secondary N) is 1. The van der Waals surface area contributed by atoms with Crippen molar-refractivity contribution in [1.82, 2.24) is 25.1 Å². The molecule has 0 radical (unpaired) electrons. The van der Waals surface area contributed by atoms with Crippen LogP contribution in [0.3, 0.4) is 0 Å². The van der Waals surface area contributed by atoms with E-state index in [1.54, 1.807) is 13.1 Å². The molecule has 3 aromatic heterocycles. The number of hydrogen-bond acceptors (Lipinski definition) is 7. The third kappa shape index (κ3) is 4.59. The zero-order valence-corrected chi connectivity index (χ0v) is 23.0. The first kappa shape index (κ1) is 26.2. The fourth-order valence-corrected chi connectivity index (χ4v) is 6.14. The number of aromatic nitrogens is 4. The molecule has 0 bridgehead atoms. The van der Waals surface area contributed by atoms with E-state index < -0.39 is 23.3 Å². The summed E-state index contributed by atoms with van der Waals surface area (Å²) >= 11 is 12.5. The van der Waals surface area contributed by atoms with Crippen LogP contribution >= 0.6 is 23.2 Å². The maximum Gasteiger partial charge on any atom is 0.167 e. The maximum atomic E-state index is 15.3. The van der Waals surface area contributed by atoms with Gasteiger partial charge in [0.15, 0.2) is 23.2 Å². The zero-order chi connectivity index (χ0) is 27.7. The Morgan fingerprint density at radius 1 is 1.03 bits per heavy atom. The Balaban J connectivity index is 1.24. The molecular weight excluding hydrogens is 549 g/mol. The van der Waals surface area contributed by atoms with Gasteiger partial charge in [-0.3, -0.25) is 15.0 Å². The van der Waals surface area contributed by atoms with Crippen LogP contribution in [0.2, 0.25) is 10.0 Å². The van der Waals surface area contributed by atoms with Crippen LogP contribution in [0.25, 0.3) is 22.2 Å². The Labute approximate surface area is 233 Å². The van der Waals surface area contributed by atoms with E-state index in [4.69, 9.17) is 27.9 Å². The molecule has 8 nitrogen and oxygen atoms in total. The number of benzene rings is 1. The van der Waals surface area contributed by atoms with E-state index in [-0.39, 0.29) is 17.1 Å². The van der Waals surface area contributed by atoms with Gasteiger partial charge in [-0.15, -0.1) is 0 Å². The quantitative estimate of drug-likeness (QED) is 0.319. The molecule has 2 aliphatic heterocycles. The van der Waals surface area contributed by atoms with Gasteiger partial charge in [0, 0.05) is 67.3 Å². The van der Waals surface area contributed by atoms with Gasteiger partial charge in [0.1, 0.15) is 11.8 Å². The number of ether oxygens (including phenoxy) is 1. The summed E-state index contributed by atoms with van der Waals surface area (Å²) < 4.78 is 36.1. The second kappa shape index (κ2) is 9.26. The predicted octanol–water partition coefficient (Wildman–Crippen LogP) is 5.39. The molecule has 12 heteroatoms. The standard InChI is InChI=1S/C27H26Cl2F2N6O2/c1-14(23-17(28)8-32-9-18(23)29)39-22-5-16-21(6-19(22)30)34-35-24(16)15-4-20(31)25(33-7-15)36-10-26(2,11-36)37-12-27(3,38)13-37/h4-9,14,38H,10-13H2,1-3H3,(H,34,35)/t14-/m1/s1. The Morgan fingerprint density at radius 3 is 2.36 bits per heavy atom. The molecule has 0 amide bonds. The Hall–Kier alpha value is -3.05. The summed E-state index contributed by atoms with van der Waals surface area (Å²) in [5.74, 6) is -0.847. The molecule has 0 spiro atoms. The van der Waals surface area contributed by atoms with E-state index in [1.165, 1.54) is 30.6 Å².